The zero-order chi connectivity index (χ0) is 18.9. The van der Waals surface area contributed by atoms with Gasteiger partial charge in [-0.15, -0.1) is 0 Å². The summed E-state index contributed by atoms with van der Waals surface area (Å²) in [7, 11) is 0. The van der Waals surface area contributed by atoms with Crippen LogP contribution in [0.5, 0.6) is 0 Å². The fourth-order valence-electron chi connectivity index (χ4n) is 2.95. The minimum Gasteiger partial charge on any atom is -0.480 e. The molecule has 1 unspecified atom stereocenters. The maximum atomic E-state index is 12.3. The summed E-state index contributed by atoms with van der Waals surface area (Å²) >= 11 is 0. The molecular formula is C19H27N3O4. The Morgan fingerprint density at radius 3 is 2.38 bits per heavy atom. The van der Waals surface area contributed by atoms with Gasteiger partial charge in [-0.1, -0.05) is 25.5 Å². The topological polar surface area (TPSA) is 98.7 Å². The highest BCUT2D eigenvalue weighted by Gasteiger charge is 2.19. The van der Waals surface area contributed by atoms with Crippen LogP contribution in [0.1, 0.15) is 48.5 Å². The van der Waals surface area contributed by atoms with Crippen LogP contribution in [0.2, 0.25) is 0 Å². The Morgan fingerprint density at radius 2 is 1.81 bits per heavy atom. The van der Waals surface area contributed by atoms with E-state index in [-0.39, 0.29) is 18.4 Å². The molecule has 0 aromatic heterocycles. The number of hydrogen-bond donors (Lipinski definition) is 3. The number of amides is 2. The van der Waals surface area contributed by atoms with Crippen molar-refractivity contribution in [2.45, 2.75) is 45.2 Å². The van der Waals surface area contributed by atoms with Gasteiger partial charge >= 0.3 is 5.97 Å². The fourth-order valence-corrected chi connectivity index (χ4v) is 2.95. The highest BCUT2D eigenvalue weighted by atomic mass is 16.4. The highest BCUT2D eigenvalue weighted by Crippen LogP contribution is 2.13. The Hall–Kier alpha value is -2.41. The first-order chi connectivity index (χ1) is 12.5. The monoisotopic (exact) mass is 361 g/mol. The maximum Gasteiger partial charge on any atom is 0.320 e. The lowest BCUT2D eigenvalue weighted by atomic mass is 10.1. The van der Waals surface area contributed by atoms with Crippen LogP contribution in [-0.2, 0) is 16.1 Å². The summed E-state index contributed by atoms with van der Waals surface area (Å²) in [5.41, 5.74) is 1.55. The lowest BCUT2D eigenvalue weighted by molar-refractivity contribution is -0.139. The third-order valence-corrected chi connectivity index (χ3v) is 4.47. The molecule has 1 aromatic carbocycles. The molecule has 1 fully saturated rings. The number of hydrogen-bond acceptors (Lipinski definition) is 4. The van der Waals surface area contributed by atoms with E-state index in [1.54, 1.807) is 12.1 Å². The van der Waals surface area contributed by atoms with Crippen molar-refractivity contribution in [3.8, 4) is 0 Å². The zero-order valence-electron chi connectivity index (χ0n) is 15.2. The van der Waals surface area contributed by atoms with Gasteiger partial charge in [0.15, 0.2) is 0 Å². The van der Waals surface area contributed by atoms with Gasteiger partial charge in [0.2, 0.25) is 5.91 Å². The molecule has 0 saturated carbocycles. The molecule has 2 amide bonds. The molecule has 1 heterocycles. The van der Waals surface area contributed by atoms with Crippen molar-refractivity contribution in [1.29, 1.82) is 0 Å². The number of carboxylic acids is 1. The van der Waals surface area contributed by atoms with Crippen molar-refractivity contribution in [1.82, 2.24) is 15.5 Å². The normalized spacial score (nSPS) is 14.9. The molecular weight excluding hydrogens is 334 g/mol. The van der Waals surface area contributed by atoms with Crippen LogP contribution in [0.25, 0.3) is 0 Å². The summed E-state index contributed by atoms with van der Waals surface area (Å²) in [5, 5.41) is 14.5. The first-order valence-electron chi connectivity index (χ1n) is 9.12. The summed E-state index contributed by atoms with van der Waals surface area (Å²) in [6.45, 7) is 3.83. The van der Waals surface area contributed by atoms with Gasteiger partial charge in [0.1, 0.15) is 6.04 Å². The van der Waals surface area contributed by atoms with E-state index in [1.807, 2.05) is 24.0 Å². The predicted molar refractivity (Wildman–Crippen MR) is 97.8 cm³/mol. The second-order valence-corrected chi connectivity index (χ2v) is 6.53. The maximum absolute atomic E-state index is 12.3. The third kappa shape index (κ3) is 5.84. The van der Waals surface area contributed by atoms with E-state index in [4.69, 9.17) is 5.11 Å². The molecule has 7 nitrogen and oxygen atoms in total. The number of nitrogens with zero attached hydrogens (tertiary/aromatic N) is 1. The van der Waals surface area contributed by atoms with Crippen LogP contribution in [0.15, 0.2) is 24.3 Å². The second kappa shape index (κ2) is 9.91. The molecule has 2 rings (SSSR count). The Bertz CT molecular complexity index is 624. The van der Waals surface area contributed by atoms with Crippen molar-refractivity contribution >= 4 is 17.8 Å². The van der Waals surface area contributed by atoms with Crippen LogP contribution in [0.3, 0.4) is 0 Å². The number of nitrogens with one attached hydrogen (secondary N) is 2. The van der Waals surface area contributed by atoms with Gasteiger partial charge in [0.25, 0.3) is 5.91 Å². The van der Waals surface area contributed by atoms with Gasteiger partial charge in [-0.3, -0.25) is 19.7 Å². The average Bonchev–Trinajstić information content (AvgIpc) is 3.17. The quantitative estimate of drug-likeness (QED) is 0.617. The summed E-state index contributed by atoms with van der Waals surface area (Å²) < 4.78 is 0. The fraction of sp³-hybridized carbons (Fsp3) is 0.526. The largest absolute Gasteiger partial charge is 0.480 e. The summed E-state index contributed by atoms with van der Waals surface area (Å²) in [4.78, 5) is 37.0. The molecule has 0 aliphatic carbocycles. The van der Waals surface area contributed by atoms with Crippen molar-refractivity contribution in [2.24, 2.45) is 0 Å². The highest BCUT2D eigenvalue weighted by molar-refractivity contribution is 5.94. The van der Waals surface area contributed by atoms with Crippen LogP contribution >= 0.6 is 0 Å². The number of likely N-dealkylation sites (tertiary alicyclic amines) is 1. The van der Waals surface area contributed by atoms with Crippen molar-refractivity contribution in [3.05, 3.63) is 35.4 Å². The first-order valence-corrected chi connectivity index (χ1v) is 9.12. The summed E-state index contributed by atoms with van der Waals surface area (Å²) in [6, 6.07) is 6.51. The molecule has 7 heteroatoms. The molecule has 1 saturated heterocycles. The van der Waals surface area contributed by atoms with Crippen molar-refractivity contribution in [2.75, 3.05) is 19.6 Å². The standard InChI is InChI=1S/C19H27N3O4/c1-2-5-16(19(25)26)20-13-17(23)21-12-14-6-8-15(9-7-14)18(24)22-10-3-4-11-22/h6-9,16,20H,2-5,10-13H2,1H3,(H,21,23)(H,25,26). The Labute approximate surface area is 153 Å². The van der Waals surface area contributed by atoms with E-state index >= 15 is 0 Å². The molecule has 1 aromatic rings. The molecule has 0 spiro atoms. The number of carboxylic acid groups (broad SMARTS) is 1. The number of carbonyl (C=O) groups is 3. The van der Waals surface area contributed by atoms with E-state index in [1.165, 1.54) is 0 Å². The third-order valence-electron chi connectivity index (χ3n) is 4.47. The van der Waals surface area contributed by atoms with E-state index < -0.39 is 12.0 Å². The summed E-state index contributed by atoms with van der Waals surface area (Å²) in [6.07, 6.45) is 3.33. The van der Waals surface area contributed by atoms with Gasteiger partial charge in [-0.05, 0) is 37.0 Å². The molecule has 142 valence electrons. The lowest BCUT2D eigenvalue weighted by Crippen LogP contribution is -2.42. The number of rotatable bonds is 9. The Balaban J connectivity index is 1.77. The molecule has 1 aliphatic heterocycles. The zero-order valence-corrected chi connectivity index (χ0v) is 15.2. The second-order valence-electron chi connectivity index (χ2n) is 6.53. The predicted octanol–water partition coefficient (Wildman–Crippen LogP) is 1.38. The van der Waals surface area contributed by atoms with E-state index in [2.05, 4.69) is 10.6 Å². The molecule has 1 aliphatic rings. The van der Waals surface area contributed by atoms with Crippen LogP contribution < -0.4 is 10.6 Å². The Kier molecular flexibility index (Phi) is 7.59. The lowest BCUT2D eigenvalue weighted by Gasteiger charge is -2.15. The minimum absolute atomic E-state index is 0.0392. The van der Waals surface area contributed by atoms with Gasteiger partial charge in [-0.25, -0.2) is 0 Å². The van der Waals surface area contributed by atoms with Gasteiger partial charge in [-0.2, -0.15) is 0 Å². The van der Waals surface area contributed by atoms with E-state index in [9.17, 15) is 14.4 Å². The minimum atomic E-state index is -0.946. The smallest absolute Gasteiger partial charge is 0.320 e. The number of benzene rings is 1. The molecule has 0 bridgehead atoms. The van der Waals surface area contributed by atoms with E-state index in [0.717, 1.165) is 37.9 Å². The van der Waals surface area contributed by atoms with Crippen LogP contribution in [0, 0.1) is 0 Å². The van der Waals surface area contributed by atoms with Gasteiger partial charge in [0, 0.05) is 25.2 Å². The van der Waals surface area contributed by atoms with Crippen molar-refractivity contribution < 1.29 is 19.5 Å². The number of carbonyl (C=O) groups excluding carboxylic acids is 2. The number of aliphatic carboxylic acids is 1. The van der Waals surface area contributed by atoms with Crippen LogP contribution in [0.4, 0.5) is 0 Å². The van der Waals surface area contributed by atoms with Gasteiger partial charge < -0.3 is 15.3 Å². The van der Waals surface area contributed by atoms with Gasteiger partial charge in [0.05, 0.1) is 6.54 Å². The van der Waals surface area contributed by atoms with Crippen molar-refractivity contribution in [3.63, 3.8) is 0 Å². The SMILES string of the molecule is CCCC(NCC(=O)NCc1ccc(C(=O)N2CCCC2)cc1)C(=O)O. The molecule has 0 radical (unpaired) electrons. The summed E-state index contributed by atoms with van der Waals surface area (Å²) in [5.74, 6) is -1.15. The Morgan fingerprint density at radius 1 is 1.15 bits per heavy atom. The molecule has 3 N–H and O–H groups in total. The molecule has 1 atom stereocenters. The van der Waals surface area contributed by atoms with Crippen LogP contribution in [-0.4, -0.2) is 53.5 Å². The average molecular weight is 361 g/mol. The van der Waals surface area contributed by atoms with E-state index in [0.29, 0.717) is 18.5 Å². The molecule has 26 heavy (non-hydrogen) atoms. The first kappa shape index (κ1) is 19.9.